The summed E-state index contributed by atoms with van der Waals surface area (Å²) in [7, 11) is 1.52. The highest BCUT2D eigenvalue weighted by Crippen LogP contribution is 2.19. The summed E-state index contributed by atoms with van der Waals surface area (Å²) < 4.78 is 6.25. The lowest BCUT2D eigenvalue weighted by molar-refractivity contribution is -0.148. The van der Waals surface area contributed by atoms with Crippen molar-refractivity contribution in [2.75, 3.05) is 7.11 Å². The minimum atomic E-state index is -1.93. The number of amides is 1. The van der Waals surface area contributed by atoms with Crippen molar-refractivity contribution in [3.8, 4) is 5.75 Å². The summed E-state index contributed by atoms with van der Waals surface area (Å²) in [6.45, 7) is 0.0692. The first-order valence-electron chi connectivity index (χ1n) is 10.1. The Morgan fingerprint density at radius 3 is 2.38 bits per heavy atom. The molecule has 10 nitrogen and oxygen atoms in total. The molecule has 0 unspecified atom stereocenters. The van der Waals surface area contributed by atoms with Crippen LogP contribution >= 0.6 is 11.6 Å². The highest BCUT2D eigenvalue weighted by molar-refractivity contribution is 6.31. The molecule has 11 heteroatoms. The number of ether oxygens (including phenoxy) is 1. The van der Waals surface area contributed by atoms with Gasteiger partial charge < -0.3 is 25.4 Å². The first-order chi connectivity index (χ1) is 16.2. The fourth-order valence-electron chi connectivity index (χ4n) is 3.28. The summed E-state index contributed by atoms with van der Waals surface area (Å²) in [6, 6.07) is 13.3. The van der Waals surface area contributed by atoms with Crippen LogP contribution in [0.15, 0.2) is 54.6 Å². The number of aromatic nitrogens is 2. The predicted molar refractivity (Wildman–Crippen MR) is 121 cm³/mol. The minimum absolute atomic E-state index is 0.0692. The van der Waals surface area contributed by atoms with E-state index in [-0.39, 0.29) is 24.4 Å². The molecule has 178 valence electrons. The Labute approximate surface area is 199 Å². The van der Waals surface area contributed by atoms with E-state index in [4.69, 9.17) is 16.3 Å². The van der Waals surface area contributed by atoms with Crippen molar-refractivity contribution in [2.45, 2.75) is 25.1 Å². The zero-order valence-electron chi connectivity index (χ0n) is 18.0. The number of aliphatic carboxylic acids is 1. The molecule has 0 saturated carbocycles. The number of carbonyl (C=O) groups is 3. The molecule has 0 aliphatic heterocycles. The Kier molecular flexibility index (Phi) is 7.87. The highest BCUT2D eigenvalue weighted by Gasteiger charge is 2.30. The Morgan fingerprint density at radius 2 is 1.79 bits per heavy atom. The van der Waals surface area contributed by atoms with Crippen molar-refractivity contribution in [2.24, 2.45) is 0 Å². The summed E-state index contributed by atoms with van der Waals surface area (Å²) in [5, 5.41) is 35.8. The standard InChI is InChI=1S/C23H22ClN3O7/c1-34-15-8-6-13(7-9-15)12-27-19(22(30)31)11-18(26-27)21(29)25-17(20(28)23(32)33)10-14-4-2-3-5-16(14)24/h2-9,11,17,20,28H,10,12H2,1H3,(H,25,29)(H,30,31)(H,32,33)/t17-,20-/m1/s1. The molecule has 0 aliphatic carbocycles. The van der Waals surface area contributed by atoms with Crippen LogP contribution in [-0.4, -0.2) is 62.2 Å². The van der Waals surface area contributed by atoms with E-state index in [1.54, 1.807) is 48.5 Å². The van der Waals surface area contributed by atoms with Gasteiger partial charge in [0.15, 0.2) is 11.8 Å². The number of aliphatic hydroxyl groups excluding tert-OH is 1. The van der Waals surface area contributed by atoms with Crippen LogP contribution in [0.4, 0.5) is 0 Å². The Bertz CT molecular complexity index is 1190. The third-order valence-corrected chi connectivity index (χ3v) is 5.44. The van der Waals surface area contributed by atoms with Gasteiger partial charge in [-0.2, -0.15) is 5.10 Å². The van der Waals surface area contributed by atoms with E-state index in [0.29, 0.717) is 16.3 Å². The fourth-order valence-corrected chi connectivity index (χ4v) is 3.49. The van der Waals surface area contributed by atoms with Crippen LogP contribution in [0.2, 0.25) is 5.02 Å². The van der Waals surface area contributed by atoms with Crippen molar-refractivity contribution >= 4 is 29.4 Å². The number of carboxylic acids is 2. The number of benzene rings is 2. The number of halogens is 1. The summed E-state index contributed by atoms with van der Waals surface area (Å²) >= 11 is 6.13. The van der Waals surface area contributed by atoms with E-state index < -0.39 is 30.0 Å². The van der Waals surface area contributed by atoms with E-state index in [0.717, 1.165) is 16.3 Å². The molecule has 1 amide bonds. The molecule has 1 heterocycles. The number of hydrogen-bond donors (Lipinski definition) is 4. The molecule has 34 heavy (non-hydrogen) atoms. The van der Waals surface area contributed by atoms with Gasteiger partial charge in [-0.05, 0) is 35.7 Å². The molecule has 0 spiro atoms. The average molecular weight is 488 g/mol. The molecule has 2 atom stereocenters. The van der Waals surface area contributed by atoms with Crippen molar-refractivity contribution in [1.29, 1.82) is 0 Å². The minimum Gasteiger partial charge on any atom is -0.497 e. The van der Waals surface area contributed by atoms with Crippen molar-refractivity contribution < 1.29 is 34.4 Å². The number of carboxylic acid groups (broad SMARTS) is 2. The molecular weight excluding hydrogens is 466 g/mol. The maximum Gasteiger partial charge on any atom is 0.354 e. The Balaban J connectivity index is 1.84. The lowest BCUT2D eigenvalue weighted by atomic mass is 10.0. The summed E-state index contributed by atoms with van der Waals surface area (Å²) in [6.07, 6.45) is -2.00. The largest absolute Gasteiger partial charge is 0.497 e. The normalized spacial score (nSPS) is 12.6. The lowest BCUT2D eigenvalue weighted by Gasteiger charge is -2.21. The van der Waals surface area contributed by atoms with Crippen LogP contribution in [0.25, 0.3) is 0 Å². The predicted octanol–water partition coefficient (Wildman–Crippen LogP) is 2.08. The topological polar surface area (TPSA) is 151 Å². The summed E-state index contributed by atoms with van der Waals surface area (Å²) in [5.74, 6) is -3.04. The smallest absolute Gasteiger partial charge is 0.354 e. The number of aliphatic hydroxyl groups is 1. The number of methoxy groups -OCH3 is 1. The van der Waals surface area contributed by atoms with Crippen LogP contribution in [0.5, 0.6) is 5.75 Å². The molecule has 3 aromatic rings. The molecule has 1 aromatic heterocycles. The molecule has 0 aliphatic rings. The van der Waals surface area contributed by atoms with Crippen molar-refractivity contribution in [1.82, 2.24) is 15.1 Å². The Hall–Kier alpha value is -3.89. The van der Waals surface area contributed by atoms with Gasteiger partial charge in [0.05, 0.1) is 19.7 Å². The lowest BCUT2D eigenvalue weighted by Crippen LogP contribution is -2.48. The SMILES string of the molecule is COc1ccc(Cn2nc(C(=O)N[C@H](Cc3ccccc3Cl)[C@@H](O)C(=O)O)cc2C(=O)O)cc1. The van der Waals surface area contributed by atoms with Gasteiger partial charge in [0.25, 0.3) is 5.91 Å². The van der Waals surface area contributed by atoms with Gasteiger partial charge in [-0.25, -0.2) is 9.59 Å². The maximum absolute atomic E-state index is 12.8. The molecule has 0 fully saturated rings. The van der Waals surface area contributed by atoms with Crippen molar-refractivity contribution in [3.05, 3.63) is 82.1 Å². The number of nitrogens with zero attached hydrogens (tertiary/aromatic N) is 2. The van der Waals surface area contributed by atoms with Gasteiger partial charge in [-0.3, -0.25) is 9.48 Å². The zero-order valence-corrected chi connectivity index (χ0v) is 18.8. The number of aromatic carboxylic acids is 1. The number of nitrogens with one attached hydrogen (secondary N) is 1. The third-order valence-electron chi connectivity index (χ3n) is 5.07. The quantitative estimate of drug-likeness (QED) is 0.339. The van der Waals surface area contributed by atoms with Crippen LogP contribution < -0.4 is 10.1 Å². The third kappa shape index (κ3) is 5.91. The fraction of sp³-hybridized carbons (Fsp3) is 0.217. The molecule has 0 bridgehead atoms. The van der Waals surface area contributed by atoms with Gasteiger partial charge in [0.2, 0.25) is 0 Å². The van der Waals surface area contributed by atoms with E-state index in [1.165, 1.54) is 7.11 Å². The average Bonchev–Trinajstić information content (AvgIpc) is 3.24. The number of carbonyl (C=O) groups excluding carboxylic acids is 1. The van der Waals surface area contributed by atoms with Gasteiger partial charge in [0, 0.05) is 11.1 Å². The molecular formula is C23H22ClN3O7. The molecule has 0 radical (unpaired) electrons. The van der Waals surface area contributed by atoms with Gasteiger partial charge >= 0.3 is 11.9 Å². The van der Waals surface area contributed by atoms with E-state index >= 15 is 0 Å². The second-order valence-corrected chi connectivity index (χ2v) is 7.79. The van der Waals surface area contributed by atoms with E-state index in [1.807, 2.05) is 0 Å². The first-order valence-corrected chi connectivity index (χ1v) is 10.5. The van der Waals surface area contributed by atoms with E-state index in [9.17, 15) is 29.7 Å². The van der Waals surface area contributed by atoms with Crippen molar-refractivity contribution in [3.63, 3.8) is 0 Å². The summed E-state index contributed by atoms with van der Waals surface area (Å²) in [4.78, 5) is 35.9. The van der Waals surface area contributed by atoms with Gasteiger partial charge in [-0.1, -0.05) is 41.9 Å². The first kappa shape index (κ1) is 24.7. The highest BCUT2D eigenvalue weighted by atomic mass is 35.5. The molecule has 2 aromatic carbocycles. The van der Waals surface area contributed by atoms with Crippen LogP contribution in [-0.2, 0) is 17.8 Å². The molecule has 0 saturated heterocycles. The maximum atomic E-state index is 12.8. The summed E-state index contributed by atoms with van der Waals surface area (Å²) in [5.41, 5.74) is 0.761. The van der Waals surface area contributed by atoms with Crippen LogP contribution in [0.1, 0.15) is 32.1 Å². The number of hydrogen-bond acceptors (Lipinski definition) is 6. The van der Waals surface area contributed by atoms with Crippen LogP contribution in [0, 0.1) is 0 Å². The zero-order chi connectivity index (χ0) is 24.8. The Morgan fingerprint density at radius 1 is 1.12 bits per heavy atom. The molecule has 3 rings (SSSR count). The van der Waals surface area contributed by atoms with Gasteiger partial charge in [0.1, 0.15) is 11.4 Å². The monoisotopic (exact) mass is 487 g/mol. The second kappa shape index (κ2) is 10.8. The second-order valence-electron chi connectivity index (χ2n) is 7.38. The molecule has 4 N–H and O–H groups in total. The number of rotatable bonds is 10. The van der Waals surface area contributed by atoms with E-state index in [2.05, 4.69) is 10.4 Å². The van der Waals surface area contributed by atoms with Gasteiger partial charge in [-0.15, -0.1) is 0 Å². The van der Waals surface area contributed by atoms with Crippen LogP contribution in [0.3, 0.4) is 0 Å².